The van der Waals surface area contributed by atoms with E-state index in [-0.39, 0.29) is 11.9 Å². The standard InChI is InChI=1S/C16H20N2O3S/c1-9(19)17-16-18-14(8-22-16)13(15(20)21-2)7-12-10-5-3-4-6-11(10)12/h7-8,10-12H,3-6H2,1-2H3,(H,17,18,19)/b13-7-. The number of aromatic nitrogens is 1. The van der Waals surface area contributed by atoms with Crippen molar-refractivity contribution in [3.05, 3.63) is 17.2 Å². The van der Waals surface area contributed by atoms with Gasteiger partial charge >= 0.3 is 5.97 Å². The number of hydrogen-bond acceptors (Lipinski definition) is 5. The quantitative estimate of drug-likeness (QED) is 0.684. The molecule has 1 heterocycles. The minimum absolute atomic E-state index is 0.169. The first-order valence-electron chi connectivity index (χ1n) is 7.63. The molecule has 0 spiro atoms. The van der Waals surface area contributed by atoms with Gasteiger partial charge in [-0.3, -0.25) is 4.79 Å². The number of nitrogens with zero attached hydrogens (tertiary/aromatic N) is 1. The molecule has 5 nitrogen and oxygen atoms in total. The Bertz CT molecular complexity index is 611. The van der Waals surface area contributed by atoms with Gasteiger partial charge in [-0.15, -0.1) is 11.3 Å². The summed E-state index contributed by atoms with van der Waals surface area (Å²) in [5, 5.41) is 4.94. The van der Waals surface area contributed by atoms with Crippen molar-refractivity contribution in [3.63, 3.8) is 0 Å². The van der Waals surface area contributed by atoms with Crippen LogP contribution < -0.4 is 5.32 Å². The average Bonchev–Trinajstić information content (AvgIpc) is 3.01. The SMILES string of the molecule is COC(=O)/C(=C\C1C2CCCCC12)c1csc(NC(C)=O)n1. The number of methoxy groups -OCH3 is 1. The van der Waals surface area contributed by atoms with Gasteiger partial charge in [0.05, 0.1) is 18.4 Å². The zero-order valence-corrected chi connectivity index (χ0v) is 13.6. The van der Waals surface area contributed by atoms with Crippen molar-refractivity contribution >= 4 is 33.9 Å². The van der Waals surface area contributed by atoms with E-state index in [1.807, 2.05) is 6.08 Å². The molecule has 6 heteroatoms. The molecule has 2 aliphatic carbocycles. The van der Waals surface area contributed by atoms with Gasteiger partial charge in [0, 0.05) is 12.3 Å². The molecule has 1 aromatic rings. The van der Waals surface area contributed by atoms with Crippen LogP contribution in [0.5, 0.6) is 0 Å². The first-order chi connectivity index (χ1) is 10.6. The molecule has 1 N–H and O–H groups in total. The Labute approximate surface area is 133 Å². The zero-order chi connectivity index (χ0) is 15.7. The molecule has 2 atom stereocenters. The number of thiazole rings is 1. The molecular formula is C16H20N2O3S. The number of allylic oxidation sites excluding steroid dienone is 1. The molecule has 0 bridgehead atoms. The summed E-state index contributed by atoms with van der Waals surface area (Å²) in [6.45, 7) is 1.44. The van der Waals surface area contributed by atoms with Crippen molar-refractivity contribution in [1.29, 1.82) is 0 Å². The third kappa shape index (κ3) is 3.06. The molecule has 2 fully saturated rings. The number of rotatable bonds is 4. The minimum Gasteiger partial charge on any atom is -0.465 e. The second-order valence-electron chi connectivity index (χ2n) is 5.98. The molecule has 1 amide bonds. The van der Waals surface area contributed by atoms with E-state index in [2.05, 4.69) is 10.3 Å². The molecular weight excluding hydrogens is 300 g/mol. The van der Waals surface area contributed by atoms with E-state index in [4.69, 9.17) is 4.74 Å². The van der Waals surface area contributed by atoms with E-state index in [9.17, 15) is 9.59 Å². The van der Waals surface area contributed by atoms with Crippen LogP contribution in [0.15, 0.2) is 11.5 Å². The molecule has 0 aliphatic heterocycles. The van der Waals surface area contributed by atoms with Crippen molar-refractivity contribution < 1.29 is 14.3 Å². The Morgan fingerprint density at radius 3 is 2.64 bits per heavy atom. The van der Waals surface area contributed by atoms with Crippen LogP contribution in [0, 0.1) is 17.8 Å². The van der Waals surface area contributed by atoms with Gasteiger partial charge in [-0.25, -0.2) is 9.78 Å². The molecule has 2 unspecified atom stereocenters. The van der Waals surface area contributed by atoms with Crippen molar-refractivity contribution in [2.45, 2.75) is 32.6 Å². The average molecular weight is 320 g/mol. The highest BCUT2D eigenvalue weighted by atomic mass is 32.1. The van der Waals surface area contributed by atoms with Crippen LogP contribution in [-0.2, 0) is 14.3 Å². The molecule has 2 saturated carbocycles. The molecule has 3 rings (SSSR count). The second-order valence-corrected chi connectivity index (χ2v) is 6.84. The van der Waals surface area contributed by atoms with E-state index in [0.29, 0.717) is 22.3 Å². The van der Waals surface area contributed by atoms with Gasteiger partial charge in [-0.05, 0) is 30.6 Å². The molecule has 2 aliphatic rings. The maximum absolute atomic E-state index is 12.1. The summed E-state index contributed by atoms with van der Waals surface area (Å²) in [5.74, 6) is 1.40. The number of carbonyl (C=O) groups excluding carboxylic acids is 2. The van der Waals surface area contributed by atoms with Crippen LogP contribution in [0.25, 0.3) is 5.57 Å². The number of fused-ring (bicyclic) bond motifs is 1. The predicted molar refractivity (Wildman–Crippen MR) is 85.3 cm³/mol. The van der Waals surface area contributed by atoms with E-state index in [0.717, 1.165) is 11.8 Å². The van der Waals surface area contributed by atoms with Crippen LogP contribution in [0.4, 0.5) is 5.13 Å². The molecule has 0 aromatic carbocycles. The molecule has 118 valence electrons. The fourth-order valence-electron chi connectivity index (χ4n) is 3.46. The number of amides is 1. The first-order valence-corrected chi connectivity index (χ1v) is 8.51. The van der Waals surface area contributed by atoms with Crippen molar-refractivity contribution in [2.24, 2.45) is 17.8 Å². The van der Waals surface area contributed by atoms with Gasteiger partial charge in [-0.2, -0.15) is 0 Å². The largest absolute Gasteiger partial charge is 0.465 e. The van der Waals surface area contributed by atoms with E-state index >= 15 is 0 Å². The van der Waals surface area contributed by atoms with E-state index < -0.39 is 0 Å². The second kappa shape index (κ2) is 6.20. The highest BCUT2D eigenvalue weighted by molar-refractivity contribution is 7.14. The third-order valence-electron chi connectivity index (χ3n) is 4.55. The summed E-state index contributed by atoms with van der Waals surface area (Å²) in [5.41, 5.74) is 1.11. The smallest absolute Gasteiger partial charge is 0.339 e. The summed E-state index contributed by atoms with van der Waals surface area (Å²) >= 11 is 1.32. The molecule has 1 aromatic heterocycles. The van der Waals surface area contributed by atoms with Crippen LogP contribution >= 0.6 is 11.3 Å². The van der Waals surface area contributed by atoms with Crippen molar-refractivity contribution in [2.75, 3.05) is 12.4 Å². The number of anilines is 1. The summed E-state index contributed by atoms with van der Waals surface area (Å²) in [6.07, 6.45) is 7.15. The maximum atomic E-state index is 12.1. The topological polar surface area (TPSA) is 68.3 Å². The summed E-state index contributed by atoms with van der Waals surface area (Å²) in [4.78, 5) is 27.5. The lowest BCUT2D eigenvalue weighted by Crippen LogP contribution is -2.07. The van der Waals surface area contributed by atoms with Gasteiger partial charge in [0.25, 0.3) is 0 Å². The monoisotopic (exact) mass is 320 g/mol. The number of hydrogen-bond donors (Lipinski definition) is 1. The Morgan fingerprint density at radius 2 is 2.05 bits per heavy atom. The first kappa shape index (κ1) is 15.2. The lowest BCUT2D eigenvalue weighted by atomic mass is 10.0. The van der Waals surface area contributed by atoms with Crippen LogP contribution in [-0.4, -0.2) is 24.0 Å². The van der Waals surface area contributed by atoms with Gasteiger partial charge in [-0.1, -0.05) is 18.9 Å². The number of nitrogens with one attached hydrogen (secondary N) is 1. The van der Waals surface area contributed by atoms with Gasteiger partial charge in [0.15, 0.2) is 5.13 Å². The Balaban J connectivity index is 1.82. The maximum Gasteiger partial charge on any atom is 0.339 e. The minimum atomic E-state index is -0.358. The third-order valence-corrected chi connectivity index (χ3v) is 5.31. The Hall–Kier alpha value is -1.69. The number of carbonyl (C=O) groups is 2. The Kier molecular flexibility index (Phi) is 4.29. The van der Waals surface area contributed by atoms with Crippen LogP contribution in [0.3, 0.4) is 0 Å². The number of ether oxygens (including phenoxy) is 1. The normalized spacial score (nSPS) is 27.0. The fraction of sp³-hybridized carbons (Fsp3) is 0.562. The van der Waals surface area contributed by atoms with Crippen LogP contribution in [0.2, 0.25) is 0 Å². The van der Waals surface area contributed by atoms with E-state index in [1.165, 1.54) is 51.1 Å². The van der Waals surface area contributed by atoms with Crippen molar-refractivity contribution in [3.8, 4) is 0 Å². The molecule has 0 saturated heterocycles. The lowest BCUT2D eigenvalue weighted by molar-refractivity contribution is -0.133. The summed E-state index contributed by atoms with van der Waals surface area (Å²) < 4.78 is 4.91. The highest BCUT2D eigenvalue weighted by Gasteiger charge is 2.49. The fourth-order valence-corrected chi connectivity index (χ4v) is 4.22. The van der Waals surface area contributed by atoms with E-state index in [1.54, 1.807) is 5.38 Å². The van der Waals surface area contributed by atoms with Crippen LogP contribution in [0.1, 0.15) is 38.3 Å². The van der Waals surface area contributed by atoms with Crippen molar-refractivity contribution in [1.82, 2.24) is 4.98 Å². The molecule has 0 radical (unpaired) electrons. The predicted octanol–water partition coefficient (Wildman–Crippen LogP) is 3.09. The number of esters is 1. The van der Waals surface area contributed by atoms with Gasteiger partial charge in [0.1, 0.15) is 0 Å². The summed E-state index contributed by atoms with van der Waals surface area (Å²) in [7, 11) is 1.39. The van der Waals surface area contributed by atoms with Gasteiger partial charge in [0.2, 0.25) is 5.91 Å². The lowest BCUT2D eigenvalue weighted by Gasteiger charge is -2.04. The summed E-state index contributed by atoms with van der Waals surface area (Å²) in [6, 6.07) is 0. The molecule has 22 heavy (non-hydrogen) atoms. The zero-order valence-electron chi connectivity index (χ0n) is 12.8. The highest BCUT2D eigenvalue weighted by Crippen LogP contribution is 2.56. The van der Waals surface area contributed by atoms with Gasteiger partial charge < -0.3 is 10.1 Å². The Morgan fingerprint density at radius 1 is 1.36 bits per heavy atom.